The zero-order valence-electron chi connectivity index (χ0n) is 12.9. The van der Waals surface area contributed by atoms with Gasteiger partial charge in [0.25, 0.3) is 0 Å². The van der Waals surface area contributed by atoms with Crippen LogP contribution in [0.1, 0.15) is 51.1 Å². The highest BCUT2D eigenvalue weighted by Gasteiger charge is 2.24. The molecule has 1 aliphatic rings. The van der Waals surface area contributed by atoms with Crippen molar-refractivity contribution in [3.05, 3.63) is 29.8 Å². The first kappa shape index (κ1) is 15.3. The SMILES string of the molecule is CCC1CC(NC(CC)c2ccccc2OC)CCO1. The topological polar surface area (TPSA) is 30.5 Å². The van der Waals surface area contributed by atoms with Crippen LogP contribution in [0.3, 0.4) is 0 Å². The maximum atomic E-state index is 5.76. The van der Waals surface area contributed by atoms with Crippen molar-refractivity contribution < 1.29 is 9.47 Å². The van der Waals surface area contributed by atoms with Crippen LogP contribution in [-0.2, 0) is 4.74 Å². The van der Waals surface area contributed by atoms with E-state index in [1.54, 1.807) is 7.11 Å². The minimum atomic E-state index is 0.353. The molecule has 1 saturated heterocycles. The lowest BCUT2D eigenvalue weighted by Gasteiger charge is -2.33. The standard InChI is InChI=1S/C17H27NO2/c1-4-14-12-13(10-11-20-14)18-16(5-2)15-8-6-7-9-17(15)19-3/h6-9,13-14,16,18H,4-5,10-12H2,1-3H3. The Hall–Kier alpha value is -1.06. The Balaban J connectivity index is 2.05. The molecule has 1 aromatic carbocycles. The molecule has 1 heterocycles. The summed E-state index contributed by atoms with van der Waals surface area (Å²) in [6, 6.07) is 9.21. The zero-order chi connectivity index (χ0) is 14.4. The van der Waals surface area contributed by atoms with Gasteiger partial charge in [0.2, 0.25) is 0 Å². The van der Waals surface area contributed by atoms with E-state index in [2.05, 4.69) is 31.3 Å². The van der Waals surface area contributed by atoms with Crippen LogP contribution in [0.5, 0.6) is 5.75 Å². The molecule has 112 valence electrons. The van der Waals surface area contributed by atoms with Gasteiger partial charge in [0, 0.05) is 24.3 Å². The quantitative estimate of drug-likeness (QED) is 0.860. The minimum Gasteiger partial charge on any atom is -0.496 e. The van der Waals surface area contributed by atoms with Crippen LogP contribution < -0.4 is 10.1 Å². The van der Waals surface area contributed by atoms with E-state index in [0.29, 0.717) is 18.2 Å². The third kappa shape index (κ3) is 3.74. The van der Waals surface area contributed by atoms with Gasteiger partial charge < -0.3 is 14.8 Å². The Bertz CT molecular complexity index is 408. The summed E-state index contributed by atoms with van der Waals surface area (Å²) in [5, 5.41) is 3.80. The number of rotatable bonds is 6. The van der Waals surface area contributed by atoms with Gasteiger partial charge in [-0.15, -0.1) is 0 Å². The summed E-state index contributed by atoms with van der Waals surface area (Å²) in [5.74, 6) is 0.978. The summed E-state index contributed by atoms with van der Waals surface area (Å²) in [6.45, 7) is 5.30. The van der Waals surface area contributed by atoms with Crippen LogP contribution in [0.25, 0.3) is 0 Å². The molecule has 1 fully saturated rings. The van der Waals surface area contributed by atoms with E-state index in [1.165, 1.54) is 5.56 Å². The summed E-state index contributed by atoms with van der Waals surface area (Å²) in [6.07, 6.45) is 4.79. The number of nitrogens with one attached hydrogen (secondary N) is 1. The van der Waals surface area contributed by atoms with Crippen LogP contribution in [0.2, 0.25) is 0 Å². The van der Waals surface area contributed by atoms with Crippen molar-refractivity contribution in [3.63, 3.8) is 0 Å². The van der Waals surface area contributed by atoms with Crippen molar-refractivity contribution >= 4 is 0 Å². The highest BCUT2D eigenvalue weighted by Crippen LogP contribution is 2.28. The maximum absolute atomic E-state index is 5.76. The maximum Gasteiger partial charge on any atom is 0.123 e. The van der Waals surface area contributed by atoms with E-state index in [9.17, 15) is 0 Å². The summed E-state index contributed by atoms with van der Waals surface area (Å²) in [4.78, 5) is 0. The highest BCUT2D eigenvalue weighted by molar-refractivity contribution is 5.35. The van der Waals surface area contributed by atoms with Gasteiger partial charge in [-0.3, -0.25) is 0 Å². The first-order valence-electron chi connectivity index (χ1n) is 7.79. The molecule has 0 bridgehead atoms. The van der Waals surface area contributed by atoms with Crippen molar-refractivity contribution in [2.75, 3.05) is 13.7 Å². The molecule has 1 aliphatic heterocycles. The third-order valence-corrected chi connectivity index (χ3v) is 4.18. The fourth-order valence-corrected chi connectivity index (χ4v) is 2.98. The summed E-state index contributed by atoms with van der Waals surface area (Å²) >= 11 is 0. The molecule has 1 N–H and O–H groups in total. The molecule has 0 aromatic heterocycles. The van der Waals surface area contributed by atoms with E-state index in [0.717, 1.165) is 38.0 Å². The second-order valence-corrected chi connectivity index (χ2v) is 5.49. The summed E-state index contributed by atoms with van der Waals surface area (Å²) in [7, 11) is 1.74. The normalized spacial score (nSPS) is 24.4. The number of methoxy groups -OCH3 is 1. The molecule has 0 spiro atoms. The van der Waals surface area contributed by atoms with Gasteiger partial charge in [0.1, 0.15) is 5.75 Å². The fraction of sp³-hybridized carbons (Fsp3) is 0.647. The molecular formula is C17H27NO2. The minimum absolute atomic E-state index is 0.353. The van der Waals surface area contributed by atoms with Gasteiger partial charge in [-0.1, -0.05) is 32.0 Å². The number of hydrogen-bond acceptors (Lipinski definition) is 3. The van der Waals surface area contributed by atoms with Gasteiger partial charge in [0.05, 0.1) is 13.2 Å². The zero-order valence-corrected chi connectivity index (χ0v) is 12.9. The molecule has 3 atom stereocenters. The molecule has 0 amide bonds. The van der Waals surface area contributed by atoms with Gasteiger partial charge >= 0.3 is 0 Å². The second kappa shape index (κ2) is 7.65. The average molecular weight is 277 g/mol. The second-order valence-electron chi connectivity index (χ2n) is 5.49. The highest BCUT2D eigenvalue weighted by atomic mass is 16.5. The van der Waals surface area contributed by atoms with Crippen LogP contribution in [0, 0.1) is 0 Å². The average Bonchev–Trinajstić information content (AvgIpc) is 2.52. The van der Waals surface area contributed by atoms with E-state index in [1.807, 2.05) is 12.1 Å². The van der Waals surface area contributed by atoms with Crippen LogP contribution in [0.4, 0.5) is 0 Å². The summed E-state index contributed by atoms with van der Waals surface area (Å²) in [5.41, 5.74) is 1.26. The monoisotopic (exact) mass is 277 g/mol. The lowest BCUT2D eigenvalue weighted by atomic mass is 9.97. The van der Waals surface area contributed by atoms with E-state index in [4.69, 9.17) is 9.47 Å². The first-order valence-corrected chi connectivity index (χ1v) is 7.79. The van der Waals surface area contributed by atoms with Crippen LogP contribution >= 0.6 is 0 Å². The van der Waals surface area contributed by atoms with Crippen LogP contribution in [-0.4, -0.2) is 25.9 Å². The number of hydrogen-bond donors (Lipinski definition) is 1. The lowest BCUT2D eigenvalue weighted by molar-refractivity contribution is -0.00213. The lowest BCUT2D eigenvalue weighted by Crippen LogP contribution is -2.40. The molecule has 3 nitrogen and oxygen atoms in total. The molecule has 3 unspecified atom stereocenters. The summed E-state index contributed by atoms with van der Waals surface area (Å²) < 4.78 is 11.3. The Labute approximate surface area is 122 Å². The van der Waals surface area contributed by atoms with Crippen molar-refractivity contribution in [1.29, 1.82) is 0 Å². The molecule has 0 radical (unpaired) electrons. The first-order chi connectivity index (χ1) is 9.78. The molecule has 0 aliphatic carbocycles. The van der Waals surface area contributed by atoms with Gasteiger partial charge in [-0.2, -0.15) is 0 Å². The predicted molar refractivity (Wildman–Crippen MR) is 82.2 cm³/mol. The molecule has 2 rings (SSSR count). The molecule has 1 aromatic rings. The fourth-order valence-electron chi connectivity index (χ4n) is 2.98. The van der Waals surface area contributed by atoms with E-state index in [-0.39, 0.29) is 0 Å². The number of benzene rings is 1. The van der Waals surface area contributed by atoms with Gasteiger partial charge in [0.15, 0.2) is 0 Å². The molecule has 3 heteroatoms. The van der Waals surface area contributed by atoms with Crippen molar-refractivity contribution in [1.82, 2.24) is 5.32 Å². The number of ether oxygens (including phenoxy) is 2. The number of para-hydroxylation sites is 1. The third-order valence-electron chi connectivity index (χ3n) is 4.18. The van der Waals surface area contributed by atoms with Gasteiger partial charge in [-0.25, -0.2) is 0 Å². The van der Waals surface area contributed by atoms with Gasteiger partial charge in [-0.05, 0) is 31.7 Å². The Morgan fingerprint density at radius 3 is 2.85 bits per heavy atom. The smallest absolute Gasteiger partial charge is 0.123 e. The Kier molecular flexibility index (Phi) is 5.86. The van der Waals surface area contributed by atoms with Crippen molar-refractivity contribution in [3.8, 4) is 5.75 Å². The predicted octanol–water partition coefficient (Wildman–Crippen LogP) is 3.69. The van der Waals surface area contributed by atoms with E-state index >= 15 is 0 Å². The van der Waals surface area contributed by atoms with E-state index < -0.39 is 0 Å². The molecular weight excluding hydrogens is 250 g/mol. The molecule has 0 saturated carbocycles. The molecule has 20 heavy (non-hydrogen) atoms. The van der Waals surface area contributed by atoms with Crippen molar-refractivity contribution in [2.45, 2.75) is 57.7 Å². The Morgan fingerprint density at radius 2 is 2.15 bits per heavy atom. The van der Waals surface area contributed by atoms with Crippen LogP contribution in [0.15, 0.2) is 24.3 Å². The Morgan fingerprint density at radius 1 is 1.35 bits per heavy atom. The van der Waals surface area contributed by atoms with Crippen molar-refractivity contribution in [2.24, 2.45) is 0 Å². The largest absolute Gasteiger partial charge is 0.496 e.